The first-order valence-corrected chi connectivity index (χ1v) is 13.3. The Bertz CT molecular complexity index is 1140. The fraction of sp³-hybridized carbons (Fsp3) is 0.552. The molecule has 5 rings (SSSR count). The number of aryl methyl sites for hydroxylation is 2. The number of nitrogens with zero attached hydrogens (tertiary/aromatic N) is 2. The number of esters is 1. The minimum Gasteiger partial charge on any atom is -0.465 e. The predicted molar refractivity (Wildman–Crippen MR) is 138 cm³/mol. The molecule has 1 aromatic carbocycles. The van der Waals surface area contributed by atoms with E-state index in [-0.39, 0.29) is 31.6 Å². The highest BCUT2D eigenvalue weighted by Crippen LogP contribution is 2.58. The van der Waals surface area contributed by atoms with Gasteiger partial charge in [0, 0.05) is 18.8 Å². The van der Waals surface area contributed by atoms with Crippen LogP contribution in [0.2, 0.25) is 0 Å². The van der Waals surface area contributed by atoms with Crippen molar-refractivity contribution in [3.8, 4) is 0 Å². The van der Waals surface area contributed by atoms with Gasteiger partial charge < -0.3 is 24.4 Å². The third-order valence-electron chi connectivity index (χ3n) is 8.43. The fourth-order valence-electron chi connectivity index (χ4n) is 6.82. The van der Waals surface area contributed by atoms with E-state index in [1.807, 2.05) is 63.3 Å². The van der Waals surface area contributed by atoms with Gasteiger partial charge in [-0.15, -0.1) is 0 Å². The number of β-amino-alcohol motifs (C(OH)–C–C–N with tert-alkyl or cyclic N) is 1. The molecule has 4 aliphatic rings. The van der Waals surface area contributed by atoms with E-state index < -0.39 is 35.0 Å². The summed E-state index contributed by atoms with van der Waals surface area (Å²) < 4.78 is 12.6. The molecule has 0 aromatic heterocycles. The Morgan fingerprint density at radius 3 is 2.49 bits per heavy atom. The van der Waals surface area contributed by atoms with Gasteiger partial charge >= 0.3 is 5.97 Å². The van der Waals surface area contributed by atoms with Crippen molar-refractivity contribution in [2.24, 2.45) is 11.8 Å². The van der Waals surface area contributed by atoms with Crippen molar-refractivity contribution in [2.45, 2.75) is 63.7 Å². The van der Waals surface area contributed by atoms with Crippen LogP contribution in [0.5, 0.6) is 0 Å². The second-order valence-electron chi connectivity index (χ2n) is 10.5. The van der Waals surface area contributed by atoms with E-state index in [0.29, 0.717) is 13.0 Å². The highest BCUT2D eigenvalue weighted by molar-refractivity contribution is 6.06. The van der Waals surface area contributed by atoms with Crippen molar-refractivity contribution < 1.29 is 29.0 Å². The maximum Gasteiger partial charge on any atom is 0.313 e. The van der Waals surface area contributed by atoms with Gasteiger partial charge in [0.15, 0.2) is 0 Å². The SMILES string of the molecule is CC[C@@]12/C=C\CCCCOC(=O)[C@@H]1[C@H]1C(=O)N(CCO)C3C(=O)N(c4c(C)cccc4C)CC=C[C@@]31O2. The van der Waals surface area contributed by atoms with Crippen LogP contribution in [0, 0.1) is 25.7 Å². The number of aliphatic hydroxyl groups excluding tert-OH is 1. The number of ether oxygens (including phenoxy) is 2. The molecule has 4 heterocycles. The second kappa shape index (κ2) is 9.72. The smallest absolute Gasteiger partial charge is 0.313 e. The first-order valence-electron chi connectivity index (χ1n) is 13.3. The monoisotopic (exact) mass is 508 g/mol. The van der Waals surface area contributed by atoms with Gasteiger partial charge in [-0.1, -0.05) is 49.4 Å². The molecule has 1 N–H and O–H groups in total. The normalized spacial score (nSPS) is 34.5. The lowest BCUT2D eigenvalue weighted by atomic mass is 9.73. The van der Waals surface area contributed by atoms with Gasteiger partial charge in [0.1, 0.15) is 23.2 Å². The summed E-state index contributed by atoms with van der Waals surface area (Å²) in [6.07, 6.45) is 10.6. The number of hydrogen-bond donors (Lipinski definition) is 1. The quantitative estimate of drug-likeness (QED) is 0.496. The van der Waals surface area contributed by atoms with Crippen molar-refractivity contribution in [1.82, 2.24) is 4.90 Å². The van der Waals surface area contributed by atoms with Gasteiger partial charge in [0.2, 0.25) is 5.91 Å². The molecule has 5 atom stereocenters. The summed E-state index contributed by atoms with van der Waals surface area (Å²) in [6.45, 7) is 6.12. The molecule has 0 saturated carbocycles. The summed E-state index contributed by atoms with van der Waals surface area (Å²) in [5.41, 5.74) is 0.273. The maximum atomic E-state index is 14.4. The zero-order chi connectivity index (χ0) is 26.4. The van der Waals surface area contributed by atoms with E-state index in [0.717, 1.165) is 36.1 Å². The van der Waals surface area contributed by atoms with Gasteiger partial charge in [0.25, 0.3) is 5.91 Å². The Morgan fingerprint density at radius 2 is 1.78 bits per heavy atom. The van der Waals surface area contributed by atoms with E-state index in [2.05, 4.69) is 0 Å². The molecule has 1 spiro atoms. The highest BCUT2D eigenvalue weighted by Gasteiger charge is 2.75. The van der Waals surface area contributed by atoms with Crippen LogP contribution in [0.15, 0.2) is 42.5 Å². The Kier molecular flexibility index (Phi) is 6.75. The first-order chi connectivity index (χ1) is 17.8. The lowest BCUT2D eigenvalue weighted by Crippen LogP contribution is -2.56. The zero-order valence-electron chi connectivity index (χ0n) is 21.8. The number of para-hydroxylation sites is 1. The predicted octanol–water partition coefficient (Wildman–Crippen LogP) is 2.84. The molecule has 0 aliphatic carbocycles. The molecule has 2 saturated heterocycles. The average molecular weight is 509 g/mol. The minimum atomic E-state index is -1.35. The van der Waals surface area contributed by atoms with Crippen LogP contribution in [0.1, 0.15) is 43.7 Å². The fourth-order valence-corrected chi connectivity index (χ4v) is 6.82. The number of fused-ring (bicyclic) bond motifs is 2. The summed E-state index contributed by atoms with van der Waals surface area (Å²) in [6, 6.07) is 4.85. The highest BCUT2D eigenvalue weighted by atomic mass is 16.6. The van der Waals surface area contributed by atoms with Crippen LogP contribution in [0.4, 0.5) is 5.69 Å². The molecule has 0 radical (unpaired) electrons. The Labute approximate surface area is 217 Å². The summed E-state index contributed by atoms with van der Waals surface area (Å²) in [7, 11) is 0. The van der Waals surface area contributed by atoms with Crippen LogP contribution in [-0.4, -0.2) is 71.3 Å². The van der Waals surface area contributed by atoms with Crippen molar-refractivity contribution in [3.05, 3.63) is 53.6 Å². The molecule has 37 heavy (non-hydrogen) atoms. The van der Waals surface area contributed by atoms with E-state index in [9.17, 15) is 19.5 Å². The van der Waals surface area contributed by atoms with Gasteiger partial charge in [-0.2, -0.15) is 0 Å². The van der Waals surface area contributed by atoms with Crippen LogP contribution in [-0.2, 0) is 23.9 Å². The number of benzene rings is 1. The van der Waals surface area contributed by atoms with Crippen LogP contribution in [0.25, 0.3) is 0 Å². The second-order valence-corrected chi connectivity index (χ2v) is 10.5. The number of carbonyl (C=O) groups is 3. The number of anilines is 1. The summed E-state index contributed by atoms with van der Waals surface area (Å²) in [5, 5.41) is 9.87. The van der Waals surface area contributed by atoms with E-state index in [4.69, 9.17) is 9.47 Å². The number of rotatable bonds is 4. The van der Waals surface area contributed by atoms with E-state index >= 15 is 0 Å². The van der Waals surface area contributed by atoms with E-state index in [1.165, 1.54) is 4.90 Å². The Hall–Kier alpha value is -2.97. The van der Waals surface area contributed by atoms with Crippen molar-refractivity contribution in [2.75, 3.05) is 31.2 Å². The van der Waals surface area contributed by atoms with Gasteiger partial charge in [0.05, 0.1) is 19.1 Å². The molecular formula is C29H36N2O6. The molecule has 4 aliphatic heterocycles. The molecule has 198 valence electrons. The van der Waals surface area contributed by atoms with E-state index in [1.54, 1.807) is 4.90 Å². The molecular weight excluding hydrogens is 472 g/mol. The summed E-state index contributed by atoms with van der Waals surface area (Å²) in [4.78, 5) is 45.2. The molecule has 2 fully saturated rings. The third kappa shape index (κ3) is 3.84. The van der Waals surface area contributed by atoms with Crippen LogP contribution in [0.3, 0.4) is 0 Å². The molecule has 1 aromatic rings. The number of carbonyl (C=O) groups excluding carboxylic acids is 3. The molecule has 8 heteroatoms. The molecule has 0 bridgehead atoms. The Balaban J connectivity index is 1.68. The maximum absolute atomic E-state index is 14.4. The molecule has 2 amide bonds. The number of cyclic esters (lactones) is 1. The van der Waals surface area contributed by atoms with Crippen molar-refractivity contribution >= 4 is 23.5 Å². The minimum absolute atomic E-state index is 0.0258. The van der Waals surface area contributed by atoms with Gasteiger partial charge in [-0.05, 0) is 50.7 Å². The number of amides is 2. The first kappa shape index (κ1) is 25.7. The lowest BCUT2D eigenvalue weighted by molar-refractivity contribution is -0.160. The summed E-state index contributed by atoms with van der Waals surface area (Å²) in [5.74, 6) is -2.93. The number of likely N-dealkylation sites (tertiary alicyclic amines) is 1. The van der Waals surface area contributed by atoms with Crippen LogP contribution < -0.4 is 4.90 Å². The molecule has 1 unspecified atom stereocenters. The van der Waals surface area contributed by atoms with Crippen molar-refractivity contribution in [1.29, 1.82) is 0 Å². The number of hydrogen-bond acceptors (Lipinski definition) is 6. The standard InChI is InChI=1S/C29H36N2O6/c1-4-28-13-7-5-6-8-18-36-27(35)22(28)21-25(33)31(16-17-32)24-26(34)30(15-10-14-29(21,24)37-28)23-19(2)11-9-12-20(23)3/h7,9-14,21-22,24,32H,4-6,8,15-18H2,1-3H3/b13-7-/t21-,22-,24?,28+,29-/m0/s1. The zero-order valence-corrected chi connectivity index (χ0v) is 21.8. The Morgan fingerprint density at radius 1 is 1.03 bits per heavy atom. The lowest BCUT2D eigenvalue weighted by Gasteiger charge is -2.38. The average Bonchev–Trinajstić information content (AvgIpc) is 3.22. The van der Waals surface area contributed by atoms with Gasteiger partial charge in [-0.3, -0.25) is 14.4 Å². The molecule has 8 nitrogen and oxygen atoms in total. The number of allylic oxidation sites excluding steroid dienone is 1. The van der Waals surface area contributed by atoms with Crippen molar-refractivity contribution in [3.63, 3.8) is 0 Å². The van der Waals surface area contributed by atoms with Gasteiger partial charge in [-0.25, -0.2) is 0 Å². The number of aliphatic hydroxyl groups is 1. The largest absolute Gasteiger partial charge is 0.465 e. The van der Waals surface area contributed by atoms with Crippen LogP contribution >= 0.6 is 0 Å². The third-order valence-corrected chi connectivity index (χ3v) is 8.43. The summed E-state index contributed by atoms with van der Waals surface area (Å²) >= 11 is 0. The topological polar surface area (TPSA) is 96.4 Å².